The van der Waals surface area contributed by atoms with Crippen LogP contribution in [0.15, 0.2) is 12.3 Å². The van der Waals surface area contributed by atoms with Gasteiger partial charge in [0.25, 0.3) is 5.69 Å². The molecule has 1 N–H and O–H groups in total. The lowest BCUT2D eigenvalue weighted by Crippen LogP contribution is -2.46. The van der Waals surface area contributed by atoms with Crippen molar-refractivity contribution in [2.45, 2.75) is 19.8 Å². The number of hydrogen-bond acceptors (Lipinski definition) is 6. The van der Waals surface area contributed by atoms with E-state index in [-0.39, 0.29) is 17.8 Å². The second-order valence-electron chi connectivity index (χ2n) is 5.32. The maximum Gasteiger partial charge on any atom is 0.311 e. The molecule has 1 fully saturated rings. The van der Waals surface area contributed by atoms with Gasteiger partial charge in [-0.15, -0.1) is 0 Å². The SMILES string of the molecule is CC1(C(=O)O)CCCN(c2ncc([N+](=O)[O-])cc2C#N)C1. The molecule has 8 heteroatoms. The normalized spacial score (nSPS) is 21.6. The van der Waals surface area contributed by atoms with Gasteiger partial charge in [-0.3, -0.25) is 14.9 Å². The van der Waals surface area contributed by atoms with Gasteiger partial charge in [0.05, 0.1) is 10.3 Å². The molecule has 0 aliphatic carbocycles. The van der Waals surface area contributed by atoms with Crippen LogP contribution in [0.5, 0.6) is 0 Å². The van der Waals surface area contributed by atoms with Crippen molar-refractivity contribution < 1.29 is 14.8 Å². The van der Waals surface area contributed by atoms with Crippen LogP contribution >= 0.6 is 0 Å². The topological polar surface area (TPSA) is 120 Å². The molecule has 1 aromatic rings. The molecule has 0 spiro atoms. The van der Waals surface area contributed by atoms with Crippen LogP contribution in [0.1, 0.15) is 25.3 Å². The molecule has 21 heavy (non-hydrogen) atoms. The second kappa shape index (κ2) is 5.36. The van der Waals surface area contributed by atoms with Gasteiger partial charge in [0.15, 0.2) is 0 Å². The van der Waals surface area contributed by atoms with E-state index in [4.69, 9.17) is 5.26 Å². The Labute approximate surface area is 120 Å². The van der Waals surface area contributed by atoms with E-state index in [1.54, 1.807) is 11.8 Å². The number of aromatic nitrogens is 1. The fourth-order valence-electron chi connectivity index (χ4n) is 2.48. The number of nitriles is 1. The van der Waals surface area contributed by atoms with Gasteiger partial charge in [-0.25, -0.2) is 4.98 Å². The van der Waals surface area contributed by atoms with Crippen LogP contribution in [-0.4, -0.2) is 34.1 Å². The molecule has 8 nitrogen and oxygen atoms in total. The van der Waals surface area contributed by atoms with E-state index in [1.807, 2.05) is 6.07 Å². The molecule has 2 heterocycles. The third-order valence-corrected chi connectivity index (χ3v) is 3.70. The molecule has 0 aromatic carbocycles. The van der Waals surface area contributed by atoms with Gasteiger partial charge in [0.1, 0.15) is 23.6 Å². The number of aliphatic carboxylic acids is 1. The zero-order valence-electron chi connectivity index (χ0n) is 11.4. The lowest BCUT2D eigenvalue weighted by Gasteiger charge is -2.38. The average molecular weight is 290 g/mol. The lowest BCUT2D eigenvalue weighted by atomic mass is 9.82. The molecule has 0 saturated carbocycles. The van der Waals surface area contributed by atoms with Crippen LogP contribution in [0.4, 0.5) is 11.5 Å². The standard InChI is InChI=1S/C13H14N4O4/c1-13(12(18)19)3-2-4-16(8-13)11-9(6-14)5-10(7-15-11)17(20)21/h5,7H,2-4,8H2,1H3,(H,18,19). The summed E-state index contributed by atoms with van der Waals surface area (Å²) in [6, 6.07) is 3.05. The van der Waals surface area contributed by atoms with Crippen LogP contribution in [0, 0.1) is 26.9 Å². The first-order chi connectivity index (χ1) is 9.87. The van der Waals surface area contributed by atoms with Crippen molar-refractivity contribution in [3.8, 4) is 6.07 Å². The minimum absolute atomic E-state index is 0.0823. The zero-order chi connectivity index (χ0) is 15.6. The lowest BCUT2D eigenvalue weighted by molar-refractivity contribution is -0.385. The fraction of sp³-hybridized carbons (Fsp3) is 0.462. The molecule has 0 bridgehead atoms. The molecule has 1 aliphatic rings. The highest BCUT2D eigenvalue weighted by molar-refractivity contribution is 5.75. The fourth-order valence-corrected chi connectivity index (χ4v) is 2.48. The Morgan fingerprint density at radius 2 is 2.38 bits per heavy atom. The van der Waals surface area contributed by atoms with E-state index in [9.17, 15) is 20.0 Å². The Balaban J connectivity index is 2.36. The number of carbonyl (C=O) groups is 1. The number of carboxylic acids is 1. The predicted octanol–water partition coefficient (Wildman–Crippen LogP) is 1.55. The maximum absolute atomic E-state index is 11.3. The summed E-state index contributed by atoms with van der Waals surface area (Å²) < 4.78 is 0. The molecular formula is C13H14N4O4. The second-order valence-corrected chi connectivity index (χ2v) is 5.32. The van der Waals surface area contributed by atoms with Gasteiger partial charge in [0, 0.05) is 19.2 Å². The highest BCUT2D eigenvalue weighted by atomic mass is 16.6. The van der Waals surface area contributed by atoms with Gasteiger partial charge >= 0.3 is 5.97 Å². The van der Waals surface area contributed by atoms with Gasteiger partial charge < -0.3 is 10.0 Å². The van der Waals surface area contributed by atoms with Gasteiger partial charge in [0.2, 0.25) is 0 Å². The van der Waals surface area contributed by atoms with Crippen molar-refractivity contribution in [1.82, 2.24) is 4.98 Å². The summed E-state index contributed by atoms with van der Waals surface area (Å²) in [4.78, 5) is 27.1. The molecule has 1 aromatic heterocycles. The van der Waals surface area contributed by atoms with Crippen molar-refractivity contribution in [1.29, 1.82) is 5.26 Å². The Morgan fingerprint density at radius 1 is 1.67 bits per heavy atom. The summed E-state index contributed by atoms with van der Waals surface area (Å²) in [5.41, 5.74) is -1.08. The highest BCUT2D eigenvalue weighted by Crippen LogP contribution is 2.33. The maximum atomic E-state index is 11.3. The van der Waals surface area contributed by atoms with E-state index in [0.717, 1.165) is 12.3 Å². The predicted molar refractivity (Wildman–Crippen MR) is 72.8 cm³/mol. The minimum Gasteiger partial charge on any atom is -0.481 e. The summed E-state index contributed by atoms with van der Waals surface area (Å²) in [6.45, 7) is 2.45. The molecule has 1 unspecified atom stereocenters. The molecule has 110 valence electrons. The number of anilines is 1. The third kappa shape index (κ3) is 2.76. The Hall–Kier alpha value is -2.69. The van der Waals surface area contributed by atoms with Crippen LogP contribution in [0.3, 0.4) is 0 Å². The summed E-state index contributed by atoms with van der Waals surface area (Å²) in [7, 11) is 0. The summed E-state index contributed by atoms with van der Waals surface area (Å²) in [5, 5.41) is 29.2. The molecule has 1 atom stereocenters. The van der Waals surface area contributed by atoms with Gasteiger partial charge in [-0.05, 0) is 19.8 Å². The number of piperidine rings is 1. The first-order valence-corrected chi connectivity index (χ1v) is 6.40. The van der Waals surface area contributed by atoms with Crippen molar-refractivity contribution in [2.75, 3.05) is 18.0 Å². The smallest absolute Gasteiger partial charge is 0.311 e. The first kappa shape index (κ1) is 14.7. The van der Waals surface area contributed by atoms with Crippen LogP contribution in [0.2, 0.25) is 0 Å². The molecular weight excluding hydrogens is 276 g/mol. The molecule has 1 saturated heterocycles. The zero-order valence-corrected chi connectivity index (χ0v) is 11.4. The number of nitro groups is 1. The Morgan fingerprint density at radius 3 is 2.95 bits per heavy atom. The highest BCUT2D eigenvalue weighted by Gasteiger charge is 2.38. The van der Waals surface area contributed by atoms with Crippen LogP contribution in [-0.2, 0) is 4.79 Å². The summed E-state index contributed by atoms with van der Waals surface area (Å²) in [6.07, 6.45) is 2.29. The number of hydrogen-bond donors (Lipinski definition) is 1. The average Bonchev–Trinajstić information content (AvgIpc) is 2.46. The van der Waals surface area contributed by atoms with E-state index < -0.39 is 16.3 Å². The summed E-state index contributed by atoms with van der Waals surface area (Å²) in [5.74, 6) is -0.595. The number of nitrogens with zero attached hydrogens (tertiary/aromatic N) is 4. The quantitative estimate of drug-likeness (QED) is 0.662. The third-order valence-electron chi connectivity index (χ3n) is 3.70. The number of rotatable bonds is 3. The van der Waals surface area contributed by atoms with E-state index in [1.165, 1.54) is 0 Å². The molecule has 0 amide bonds. The van der Waals surface area contributed by atoms with E-state index in [0.29, 0.717) is 25.2 Å². The first-order valence-electron chi connectivity index (χ1n) is 6.40. The Bertz CT molecular complexity index is 640. The van der Waals surface area contributed by atoms with Crippen molar-refractivity contribution in [3.05, 3.63) is 27.9 Å². The van der Waals surface area contributed by atoms with Gasteiger partial charge in [-0.2, -0.15) is 5.26 Å². The van der Waals surface area contributed by atoms with Crippen molar-refractivity contribution in [3.63, 3.8) is 0 Å². The monoisotopic (exact) mass is 290 g/mol. The minimum atomic E-state index is -0.908. The van der Waals surface area contributed by atoms with Crippen molar-refractivity contribution in [2.24, 2.45) is 5.41 Å². The van der Waals surface area contributed by atoms with Crippen LogP contribution in [0.25, 0.3) is 0 Å². The van der Waals surface area contributed by atoms with E-state index >= 15 is 0 Å². The largest absolute Gasteiger partial charge is 0.481 e. The van der Waals surface area contributed by atoms with Gasteiger partial charge in [-0.1, -0.05) is 0 Å². The van der Waals surface area contributed by atoms with E-state index in [2.05, 4.69) is 4.98 Å². The number of pyridine rings is 1. The Kier molecular flexibility index (Phi) is 3.76. The van der Waals surface area contributed by atoms with Crippen LogP contribution < -0.4 is 4.90 Å². The molecule has 1 aliphatic heterocycles. The molecule has 0 radical (unpaired) electrons. The van der Waals surface area contributed by atoms with Crippen molar-refractivity contribution >= 4 is 17.5 Å². The molecule has 2 rings (SSSR count). The summed E-state index contributed by atoms with van der Waals surface area (Å²) >= 11 is 0. The number of carboxylic acid groups (broad SMARTS) is 1.